The first-order valence-electron chi connectivity index (χ1n) is 2.30. The zero-order valence-electron chi connectivity index (χ0n) is 6.43. The zero-order chi connectivity index (χ0) is 11.2. The van der Waals surface area contributed by atoms with Crippen LogP contribution in [0.25, 0.3) is 0 Å². The normalized spacial score (nSPS) is 3.50. The van der Waals surface area contributed by atoms with Crippen molar-refractivity contribution in [2.45, 2.75) is 29.7 Å². The van der Waals surface area contributed by atoms with Crippen LogP contribution in [0.3, 0.4) is 0 Å². The maximum Gasteiger partial charge on any atom is 0.503 e. The summed E-state index contributed by atoms with van der Waals surface area (Å²) < 4.78 is 0. The van der Waals surface area contributed by atoms with Crippen LogP contribution in [-0.4, -0.2) is 32.7 Å². The van der Waals surface area contributed by atoms with Crippen molar-refractivity contribution in [1.82, 2.24) is 0 Å². The Balaban J connectivity index is -0.00000000857. The predicted molar refractivity (Wildman–Crippen MR) is 70.7 cm³/mol. The van der Waals surface area contributed by atoms with Crippen LogP contribution in [0, 0.1) is 0 Å². The summed E-state index contributed by atoms with van der Waals surface area (Å²) in [6.07, 6.45) is -3.67. The molecule has 0 saturated carbocycles. The Bertz CT molecular complexity index is 91.9. The summed E-state index contributed by atoms with van der Waals surface area (Å²) in [7, 11) is 0. The average Bonchev–Trinajstić information content (AvgIpc) is 1.93. The number of rotatable bonds is 0. The predicted octanol–water partition coefficient (Wildman–Crippen LogP) is 4.59. The van der Waals surface area contributed by atoms with Crippen LogP contribution in [0.5, 0.6) is 0 Å². The van der Waals surface area contributed by atoms with Gasteiger partial charge in [-0.05, 0) is 0 Å². The lowest BCUT2D eigenvalue weighted by Crippen LogP contribution is -1.81. The fourth-order valence-corrected chi connectivity index (χ4v) is 0. The van der Waals surface area contributed by atoms with Crippen molar-refractivity contribution in [2.24, 2.45) is 0 Å². The van der Waals surface area contributed by atoms with E-state index >= 15 is 0 Å². The monoisotopic (exact) mass is 244 g/mol. The minimum Gasteiger partial charge on any atom is -0.450 e. The molecule has 0 amide bonds. The molecule has 0 aliphatic carbocycles. The smallest absolute Gasteiger partial charge is 0.450 e. The molecule has 0 saturated heterocycles. The van der Waals surface area contributed by atoms with Gasteiger partial charge in [-0.15, -0.1) is 26.3 Å². The molecule has 0 radical (unpaired) electrons. The average molecular weight is 244 g/mol. The van der Waals surface area contributed by atoms with Crippen molar-refractivity contribution < 1.29 is 30.0 Å². The van der Waals surface area contributed by atoms with E-state index in [2.05, 4.69) is 26.3 Å². The van der Waals surface area contributed by atoms with E-state index < -0.39 is 12.3 Å². The minimum absolute atomic E-state index is 0. The highest BCUT2D eigenvalue weighted by atomic mass is 16.6. The van der Waals surface area contributed by atoms with Gasteiger partial charge in [0.05, 0.1) is 0 Å². The molecule has 0 heterocycles. The highest BCUT2D eigenvalue weighted by molar-refractivity contribution is 5.53. The third kappa shape index (κ3) is 372. The van der Waals surface area contributed by atoms with Crippen LogP contribution in [0.4, 0.5) is 9.59 Å². The minimum atomic E-state index is -1.83. The lowest BCUT2D eigenvalue weighted by Gasteiger charge is -1.60. The molecule has 0 spiro atoms. The van der Waals surface area contributed by atoms with E-state index in [0.717, 1.165) is 0 Å². The topological polar surface area (TPSA) is 115 Å². The summed E-state index contributed by atoms with van der Waals surface area (Å²) in [5.41, 5.74) is 0. The van der Waals surface area contributed by atoms with Gasteiger partial charge in [-0.2, -0.15) is 0 Å². The van der Waals surface area contributed by atoms with Crippen LogP contribution in [0.15, 0.2) is 26.3 Å². The second-order valence-corrected chi connectivity index (χ2v) is 0.565. The molecule has 16 heavy (non-hydrogen) atoms. The Kier molecular flexibility index (Phi) is 477. The van der Waals surface area contributed by atoms with Crippen molar-refractivity contribution >= 4 is 12.3 Å². The van der Waals surface area contributed by atoms with E-state index in [1.807, 2.05) is 0 Å². The van der Waals surface area contributed by atoms with Crippen molar-refractivity contribution in [2.75, 3.05) is 0 Å². The SMILES string of the molecule is C.C.C.C.C=C.C=C.O=C(O)O.O=C(O)O. The molecular weight excluding hydrogens is 216 g/mol. The van der Waals surface area contributed by atoms with Gasteiger partial charge in [0.15, 0.2) is 0 Å². The summed E-state index contributed by atoms with van der Waals surface area (Å²) in [4.78, 5) is 17.1. The summed E-state index contributed by atoms with van der Waals surface area (Å²) in [6, 6.07) is 0. The molecule has 0 aromatic carbocycles. The van der Waals surface area contributed by atoms with Gasteiger partial charge in [0.1, 0.15) is 0 Å². The van der Waals surface area contributed by atoms with Crippen molar-refractivity contribution in [3.05, 3.63) is 26.3 Å². The van der Waals surface area contributed by atoms with Crippen LogP contribution >= 0.6 is 0 Å². The largest absolute Gasteiger partial charge is 0.503 e. The molecule has 6 heteroatoms. The quantitative estimate of drug-likeness (QED) is 0.463. The van der Waals surface area contributed by atoms with Crippen LogP contribution in [-0.2, 0) is 0 Å². The zero-order valence-corrected chi connectivity index (χ0v) is 6.43. The standard InChI is InChI=1S/2C2H4.2CH2O3.4CH4/c2*1-2;2*2-1(3)4;;;;/h2*1-2H2;2*(H2,2,3,4);4*1H4. The highest BCUT2D eigenvalue weighted by Gasteiger charge is 1.70. The molecule has 104 valence electrons. The van der Waals surface area contributed by atoms with E-state index in [1.165, 1.54) is 0 Å². The first-order chi connectivity index (χ1) is 5.46. The molecule has 0 unspecified atom stereocenters. The molecule has 0 aromatic heterocycles. The molecule has 6 nitrogen and oxygen atoms in total. The van der Waals surface area contributed by atoms with Gasteiger partial charge >= 0.3 is 12.3 Å². The molecule has 4 N–H and O–H groups in total. The van der Waals surface area contributed by atoms with Crippen molar-refractivity contribution in [3.8, 4) is 0 Å². The molecule has 0 rings (SSSR count). The van der Waals surface area contributed by atoms with Gasteiger partial charge in [-0.3, -0.25) is 0 Å². The third-order valence-electron chi connectivity index (χ3n) is 0. The number of hydrogen-bond donors (Lipinski definition) is 4. The molecule has 0 aliphatic rings. The maximum absolute atomic E-state index is 8.56. The Morgan fingerprint density at radius 3 is 0.562 bits per heavy atom. The van der Waals surface area contributed by atoms with Gasteiger partial charge in [-0.1, -0.05) is 29.7 Å². The van der Waals surface area contributed by atoms with Crippen LogP contribution in [0.1, 0.15) is 29.7 Å². The highest BCUT2D eigenvalue weighted by Crippen LogP contribution is 1.43. The second-order valence-electron chi connectivity index (χ2n) is 0.565. The van der Waals surface area contributed by atoms with E-state index in [9.17, 15) is 0 Å². The fourth-order valence-electron chi connectivity index (χ4n) is 0. The lowest BCUT2D eigenvalue weighted by atomic mass is 11.3. The summed E-state index contributed by atoms with van der Waals surface area (Å²) in [5, 5.41) is 27.9. The van der Waals surface area contributed by atoms with Gasteiger partial charge < -0.3 is 20.4 Å². The molecule has 0 bridgehead atoms. The second kappa shape index (κ2) is 116. The third-order valence-corrected chi connectivity index (χ3v) is 0. The fraction of sp³-hybridized carbons (Fsp3) is 0.400. The van der Waals surface area contributed by atoms with Gasteiger partial charge in [-0.25, -0.2) is 9.59 Å². The van der Waals surface area contributed by atoms with Gasteiger partial charge in [0, 0.05) is 0 Å². The Morgan fingerprint density at radius 2 is 0.562 bits per heavy atom. The summed E-state index contributed by atoms with van der Waals surface area (Å²) in [5.74, 6) is 0. The Morgan fingerprint density at radius 1 is 0.562 bits per heavy atom. The molecule has 0 aliphatic heterocycles. The number of carbonyl (C=O) groups is 2. The van der Waals surface area contributed by atoms with Gasteiger partial charge in [0.25, 0.3) is 0 Å². The van der Waals surface area contributed by atoms with Crippen LogP contribution < -0.4 is 0 Å². The first-order valence-corrected chi connectivity index (χ1v) is 2.30. The van der Waals surface area contributed by atoms with Crippen molar-refractivity contribution in [1.29, 1.82) is 0 Å². The summed E-state index contributed by atoms with van der Waals surface area (Å²) in [6.45, 7) is 12.0. The molecular formula is C10H28O6. The first kappa shape index (κ1) is 65.6. The number of carboxylic acid groups (broad SMARTS) is 4. The molecule has 0 fully saturated rings. The molecule has 0 aromatic rings. The Labute approximate surface area is 99.2 Å². The maximum atomic E-state index is 8.56. The van der Waals surface area contributed by atoms with Crippen LogP contribution in [0.2, 0.25) is 0 Å². The van der Waals surface area contributed by atoms with Gasteiger partial charge in [0.2, 0.25) is 0 Å². The summed E-state index contributed by atoms with van der Waals surface area (Å²) >= 11 is 0. The van der Waals surface area contributed by atoms with E-state index in [1.54, 1.807) is 0 Å². The van der Waals surface area contributed by atoms with E-state index in [-0.39, 0.29) is 29.7 Å². The van der Waals surface area contributed by atoms with E-state index in [4.69, 9.17) is 30.0 Å². The number of hydrogen-bond acceptors (Lipinski definition) is 2. The van der Waals surface area contributed by atoms with E-state index in [0.29, 0.717) is 0 Å². The molecule has 0 atom stereocenters. The van der Waals surface area contributed by atoms with Crippen molar-refractivity contribution in [3.63, 3.8) is 0 Å². The lowest BCUT2D eigenvalue weighted by molar-refractivity contribution is 0.135. The Hall–Kier alpha value is -1.98.